The summed E-state index contributed by atoms with van der Waals surface area (Å²) in [6.45, 7) is 4.70. The minimum absolute atomic E-state index is 0.0398. The van der Waals surface area contributed by atoms with Crippen molar-refractivity contribution < 1.29 is 14.3 Å². The summed E-state index contributed by atoms with van der Waals surface area (Å²) in [6, 6.07) is 13.4. The number of amides is 1. The van der Waals surface area contributed by atoms with Crippen LogP contribution in [0.3, 0.4) is 0 Å². The van der Waals surface area contributed by atoms with Gasteiger partial charge in [0.2, 0.25) is 5.88 Å². The Kier molecular flexibility index (Phi) is 5.88. The largest absolute Gasteiger partial charge is 0.493 e. The SMILES string of the molecule is CCOc1ccc(C(=O)N2CCC(COc3ccccc3)CC2)cn1. The van der Waals surface area contributed by atoms with Gasteiger partial charge in [0.1, 0.15) is 5.75 Å². The zero-order valence-corrected chi connectivity index (χ0v) is 14.6. The van der Waals surface area contributed by atoms with Crippen LogP contribution in [-0.4, -0.2) is 42.1 Å². The molecular weight excluding hydrogens is 316 g/mol. The third-order valence-corrected chi connectivity index (χ3v) is 4.41. The number of carbonyl (C=O) groups excluding carboxylic acids is 1. The molecule has 0 bridgehead atoms. The number of aromatic nitrogens is 1. The second-order valence-corrected chi connectivity index (χ2v) is 6.18. The van der Waals surface area contributed by atoms with E-state index in [0.717, 1.165) is 31.7 Å². The molecule has 0 saturated carbocycles. The van der Waals surface area contributed by atoms with Crippen LogP contribution in [-0.2, 0) is 0 Å². The Balaban J connectivity index is 1.47. The molecule has 0 N–H and O–H groups in total. The second kappa shape index (κ2) is 8.51. The van der Waals surface area contributed by atoms with Crippen LogP contribution in [0.2, 0.25) is 0 Å². The van der Waals surface area contributed by atoms with Crippen molar-refractivity contribution in [2.45, 2.75) is 19.8 Å². The lowest BCUT2D eigenvalue weighted by Gasteiger charge is -2.32. The Hall–Kier alpha value is -2.56. The molecule has 1 aromatic carbocycles. The van der Waals surface area contributed by atoms with Crippen LogP contribution < -0.4 is 9.47 Å². The van der Waals surface area contributed by atoms with Crippen molar-refractivity contribution in [3.63, 3.8) is 0 Å². The molecule has 132 valence electrons. The van der Waals surface area contributed by atoms with Crippen molar-refractivity contribution in [3.8, 4) is 11.6 Å². The van der Waals surface area contributed by atoms with Crippen molar-refractivity contribution in [2.75, 3.05) is 26.3 Å². The Morgan fingerprint density at radius 2 is 1.88 bits per heavy atom. The van der Waals surface area contributed by atoms with Crippen LogP contribution in [0.1, 0.15) is 30.1 Å². The van der Waals surface area contributed by atoms with E-state index in [1.54, 1.807) is 18.3 Å². The van der Waals surface area contributed by atoms with Gasteiger partial charge in [-0.3, -0.25) is 4.79 Å². The predicted molar refractivity (Wildman–Crippen MR) is 96.0 cm³/mol. The van der Waals surface area contributed by atoms with E-state index in [2.05, 4.69) is 4.98 Å². The molecule has 0 spiro atoms. The summed E-state index contributed by atoms with van der Waals surface area (Å²) >= 11 is 0. The summed E-state index contributed by atoms with van der Waals surface area (Å²) in [6.07, 6.45) is 3.52. The number of carbonyl (C=O) groups is 1. The molecule has 1 aromatic heterocycles. The van der Waals surface area contributed by atoms with E-state index in [0.29, 0.717) is 30.6 Å². The number of ether oxygens (including phenoxy) is 2. The number of likely N-dealkylation sites (tertiary alicyclic amines) is 1. The number of piperidine rings is 1. The summed E-state index contributed by atoms with van der Waals surface area (Å²) in [5.41, 5.74) is 0.613. The normalized spacial score (nSPS) is 15.0. The first kappa shape index (κ1) is 17.3. The van der Waals surface area contributed by atoms with Crippen LogP contribution in [0.25, 0.3) is 0 Å². The fourth-order valence-corrected chi connectivity index (χ4v) is 2.96. The van der Waals surface area contributed by atoms with Gasteiger partial charge in [-0.15, -0.1) is 0 Å². The number of rotatable bonds is 6. The van der Waals surface area contributed by atoms with Gasteiger partial charge in [-0.2, -0.15) is 0 Å². The zero-order valence-electron chi connectivity index (χ0n) is 14.6. The average Bonchev–Trinajstić information content (AvgIpc) is 2.68. The van der Waals surface area contributed by atoms with Crippen molar-refractivity contribution in [3.05, 3.63) is 54.2 Å². The molecular formula is C20H24N2O3. The molecule has 25 heavy (non-hydrogen) atoms. The average molecular weight is 340 g/mol. The van der Waals surface area contributed by atoms with Gasteiger partial charge in [0, 0.05) is 25.4 Å². The second-order valence-electron chi connectivity index (χ2n) is 6.18. The summed E-state index contributed by atoms with van der Waals surface area (Å²) in [4.78, 5) is 18.6. The Bertz CT molecular complexity index is 665. The van der Waals surface area contributed by atoms with Crippen LogP contribution in [0.4, 0.5) is 0 Å². The van der Waals surface area contributed by atoms with Gasteiger partial charge in [0.05, 0.1) is 18.8 Å². The van der Waals surface area contributed by atoms with E-state index in [1.165, 1.54) is 0 Å². The molecule has 0 aliphatic carbocycles. The first-order valence-corrected chi connectivity index (χ1v) is 8.82. The standard InChI is InChI=1S/C20H24N2O3/c1-2-24-19-9-8-17(14-21-19)20(23)22-12-10-16(11-13-22)15-25-18-6-4-3-5-7-18/h3-9,14,16H,2,10-13,15H2,1H3. The van der Waals surface area contributed by atoms with Crippen molar-refractivity contribution in [1.29, 1.82) is 0 Å². The smallest absolute Gasteiger partial charge is 0.255 e. The first-order chi connectivity index (χ1) is 12.3. The highest BCUT2D eigenvalue weighted by Gasteiger charge is 2.24. The molecule has 1 aliphatic heterocycles. The van der Waals surface area contributed by atoms with Crippen LogP contribution >= 0.6 is 0 Å². The molecule has 2 aromatic rings. The minimum Gasteiger partial charge on any atom is -0.493 e. The van der Waals surface area contributed by atoms with Crippen molar-refractivity contribution in [1.82, 2.24) is 9.88 Å². The molecule has 1 amide bonds. The topological polar surface area (TPSA) is 51.7 Å². The summed E-state index contributed by atoms with van der Waals surface area (Å²) in [5.74, 6) is 1.98. The van der Waals surface area contributed by atoms with Gasteiger partial charge < -0.3 is 14.4 Å². The maximum absolute atomic E-state index is 12.6. The van der Waals surface area contributed by atoms with E-state index in [1.807, 2.05) is 42.2 Å². The van der Waals surface area contributed by atoms with Gasteiger partial charge in [-0.1, -0.05) is 18.2 Å². The number of benzene rings is 1. The lowest BCUT2D eigenvalue weighted by atomic mass is 9.97. The van der Waals surface area contributed by atoms with Crippen LogP contribution in [0, 0.1) is 5.92 Å². The molecule has 1 fully saturated rings. The van der Waals surface area contributed by atoms with Gasteiger partial charge >= 0.3 is 0 Å². The Labute approximate surface area is 148 Å². The number of hydrogen-bond donors (Lipinski definition) is 0. The number of pyridine rings is 1. The molecule has 0 atom stereocenters. The predicted octanol–water partition coefficient (Wildman–Crippen LogP) is 3.41. The van der Waals surface area contributed by atoms with E-state index in [4.69, 9.17) is 9.47 Å². The highest BCUT2D eigenvalue weighted by molar-refractivity contribution is 5.94. The highest BCUT2D eigenvalue weighted by atomic mass is 16.5. The number of hydrogen-bond acceptors (Lipinski definition) is 4. The van der Waals surface area contributed by atoms with E-state index in [9.17, 15) is 4.79 Å². The quantitative estimate of drug-likeness (QED) is 0.809. The third kappa shape index (κ3) is 4.72. The van der Waals surface area contributed by atoms with E-state index < -0.39 is 0 Å². The highest BCUT2D eigenvalue weighted by Crippen LogP contribution is 2.21. The summed E-state index contributed by atoms with van der Waals surface area (Å²) < 4.78 is 11.1. The number of nitrogens with zero attached hydrogens (tertiary/aromatic N) is 2. The summed E-state index contributed by atoms with van der Waals surface area (Å²) in [7, 11) is 0. The molecule has 0 radical (unpaired) electrons. The Morgan fingerprint density at radius 3 is 2.52 bits per heavy atom. The molecule has 1 saturated heterocycles. The van der Waals surface area contributed by atoms with Crippen LogP contribution in [0.5, 0.6) is 11.6 Å². The van der Waals surface area contributed by atoms with Crippen molar-refractivity contribution >= 4 is 5.91 Å². The maximum Gasteiger partial charge on any atom is 0.255 e. The van der Waals surface area contributed by atoms with E-state index in [-0.39, 0.29) is 5.91 Å². The van der Waals surface area contributed by atoms with Gasteiger partial charge in [-0.05, 0) is 43.9 Å². The maximum atomic E-state index is 12.6. The molecule has 1 aliphatic rings. The Morgan fingerprint density at radius 1 is 1.12 bits per heavy atom. The van der Waals surface area contributed by atoms with Gasteiger partial charge in [-0.25, -0.2) is 4.98 Å². The molecule has 2 heterocycles. The first-order valence-electron chi connectivity index (χ1n) is 8.82. The van der Waals surface area contributed by atoms with Gasteiger partial charge in [0.25, 0.3) is 5.91 Å². The molecule has 0 unspecified atom stereocenters. The molecule has 5 nitrogen and oxygen atoms in total. The lowest BCUT2D eigenvalue weighted by molar-refractivity contribution is 0.0660. The minimum atomic E-state index is 0.0398. The van der Waals surface area contributed by atoms with Crippen molar-refractivity contribution in [2.24, 2.45) is 5.92 Å². The lowest BCUT2D eigenvalue weighted by Crippen LogP contribution is -2.39. The van der Waals surface area contributed by atoms with Gasteiger partial charge in [0.15, 0.2) is 0 Å². The molecule has 3 rings (SSSR count). The third-order valence-electron chi connectivity index (χ3n) is 4.41. The molecule has 5 heteroatoms. The fourth-order valence-electron chi connectivity index (χ4n) is 2.96. The van der Waals surface area contributed by atoms with Crippen LogP contribution in [0.15, 0.2) is 48.7 Å². The summed E-state index contributed by atoms with van der Waals surface area (Å²) in [5, 5.41) is 0. The monoisotopic (exact) mass is 340 g/mol. The zero-order chi connectivity index (χ0) is 17.5. The van der Waals surface area contributed by atoms with E-state index >= 15 is 0 Å². The number of para-hydroxylation sites is 1. The fraction of sp³-hybridized carbons (Fsp3) is 0.400.